The molecule has 0 fully saturated rings. The lowest BCUT2D eigenvalue weighted by Gasteiger charge is -2.22. The quantitative estimate of drug-likeness (QED) is 0.717. The van der Waals surface area contributed by atoms with Gasteiger partial charge in [-0.05, 0) is 18.6 Å². The second kappa shape index (κ2) is 4.18. The van der Waals surface area contributed by atoms with Crippen LogP contribution >= 0.6 is 0 Å². The molecular weight excluding hydrogens is 172 g/mol. The van der Waals surface area contributed by atoms with Gasteiger partial charge in [-0.15, -0.1) is 6.58 Å². The Bertz CT molecular complexity index is 320. The van der Waals surface area contributed by atoms with E-state index < -0.39 is 0 Å². The Morgan fingerprint density at radius 2 is 2.29 bits per heavy atom. The van der Waals surface area contributed by atoms with Gasteiger partial charge in [-0.3, -0.25) is 0 Å². The molecule has 0 aromatic heterocycles. The van der Waals surface area contributed by atoms with Gasteiger partial charge < -0.3 is 10.2 Å². The lowest BCUT2D eigenvalue weighted by Crippen LogP contribution is -2.23. The maximum Gasteiger partial charge on any atom is 0.0604 e. The maximum atomic E-state index is 3.80. The molecule has 2 nitrogen and oxygen atoms in total. The van der Waals surface area contributed by atoms with E-state index in [2.05, 4.69) is 41.1 Å². The molecule has 0 radical (unpaired) electrons. The van der Waals surface area contributed by atoms with Gasteiger partial charge in [-0.25, -0.2) is 0 Å². The van der Waals surface area contributed by atoms with Crippen LogP contribution in [0.5, 0.6) is 0 Å². The molecule has 1 aliphatic rings. The first-order valence-corrected chi connectivity index (χ1v) is 5.10. The van der Waals surface area contributed by atoms with Crippen LogP contribution in [0.3, 0.4) is 0 Å². The number of nitrogens with zero attached hydrogens (tertiary/aromatic N) is 1. The minimum atomic E-state index is 0.929. The van der Waals surface area contributed by atoms with Crippen LogP contribution in [0, 0.1) is 0 Å². The summed E-state index contributed by atoms with van der Waals surface area (Å²) in [6, 6.07) is 8.46. The van der Waals surface area contributed by atoms with E-state index in [1.54, 1.807) is 0 Å². The van der Waals surface area contributed by atoms with Crippen molar-refractivity contribution in [1.82, 2.24) is 0 Å². The molecule has 0 unspecified atom stereocenters. The topological polar surface area (TPSA) is 15.3 Å². The average molecular weight is 188 g/mol. The van der Waals surface area contributed by atoms with Gasteiger partial charge in [0, 0.05) is 19.6 Å². The molecule has 0 amide bonds. The molecule has 2 rings (SSSR count). The van der Waals surface area contributed by atoms with Crippen molar-refractivity contribution < 1.29 is 0 Å². The first kappa shape index (κ1) is 9.13. The van der Waals surface area contributed by atoms with Crippen LogP contribution in [-0.4, -0.2) is 19.6 Å². The molecule has 0 saturated heterocycles. The predicted molar refractivity (Wildman–Crippen MR) is 62.0 cm³/mol. The first-order chi connectivity index (χ1) is 6.92. The molecule has 1 aromatic carbocycles. The van der Waals surface area contributed by atoms with Crippen molar-refractivity contribution in [2.45, 2.75) is 6.42 Å². The van der Waals surface area contributed by atoms with Crippen LogP contribution in [0.15, 0.2) is 36.9 Å². The van der Waals surface area contributed by atoms with Gasteiger partial charge in [0.2, 0.25) is 0 Å². The minimum Gasteiger partial charge on any atom is -0.383 e. The number of hydrogen-bond acceptors (Lipinski definition) is 2. The Balaban J connectivity index is 2.31. The number of fused-ring (bicyclic) bond motifs is 1. The molecule has 2 heteroatoms. The Morgan fingerprint density at radius 3 is 3.14 bits per heavy atom. The van der Waals surface area contributed by atoms with E-state index in [4.69, 9.17) is 0 Å². The van der Waals surface area contributed by atoms with E-state index in [9.17, 15) is 0 Å². The van der Waals surface area contributed by atoms with Gasteiger partial charge in [0.05, 0.1) is 11.4 Å². The molecule has 0 bridgehead atoms. The highest BCUT2D eigenvalue weighted by molar-refractivity contribution is 5.70. The van der Waals surface area contributed by atoms with Crippen LogP contribution < -0.4 is 10.2 Å². The average Bonchev–Trinajstić information content (AvgIpc) is 2.42. The highest BCUT2D eigenvalue weighted by Crippen LogP contribution is 2.27. The summed E-state index contributed by atoms with van der Waals surface area (Å²) in [6.45, 7) is 6.89. The van der Waals surface area contributed by atoms with E-state index in [1.807, 2.05) is 6.08 Å². The largest absolute Gasteiger partial charge is 0.383 e. The Hall–Kier alpha value is -1.44. The predicted octanol–water partition coefficient (Wildman–Crippen LogP) is 2.49. The molecule has 1 N–H and O–H groups in total. The summed E-state index contributed by atoms with van der Waals surface area (Å²) in [5.74, 6) is 0. The molecule has 74 valence electrons. The molecule has 1 aliphatic heterocycles. The summed E-state index contributed by atoms with van der Waals surface area (Å²) >= 11 is 0. The zero-order valence-corrected chi connectivity index (χ0v) is 8.37. The fourth-order valence-corrected chi connectivity index (χ4v) is 1.86. The normalized spacial score (nSPS) is 15.3. The highest BCUT2D eigenvalue weighted by Gasteiger charge is 2.12. The highest BCUT2D eigenvalue weighted by atomic mass is 15.2. The summed E-state index contributed by atoms with van der Waals surface area (Å²) in [7, 11) is 0. The van der Waals surface area contributed by atoms with Crippen LogP contribution in [0.1, 0.15) is 6.42 Å². The third-order valence-corrected chi connectivity index (χ3v) is 2.51. The van der Waals surface area contributed by atoms with Gasteiger partial charge in [0.25, 0.3) is 0 Å². The van der Waals surface area contributed by atoms with Crippen LogP contribution in [0.2, 0.25) is 0 Å². The van der Waals surface area contributed by atoms with Crippen molar-refractivity contribution in [1.29, 1.82) is 0 Å². The zero-order valence-electron chi connectivity index (χ0n) is 8.37. The maximum absolute atomic E-state index is 3.80. The van der Waals surface area contributed by atoms with Gasteiger partial charge in [0.1, 0.15) is 0 Å². The number of para-hydroxylation sites is 2. The third-order valence-electron chi connectivity index (χ3n) is 2.51. The molecular formula is C12H16N2. The number of anilines is 2. The molecule has 0 aliphatic carbocycles. The summed E-state index contributed by atoms with van der Waals surface area (Å²) < 4.78 is 0. The number of hydrogen-bond donors (Lipinski definition) is 1. The molecule has 0 atom stereocenters. The van der Waals surface area contributed by atoms with Crippen LogP contribution in [0.4, 0.5) is 11.4 Å². The second-order valence-corrected chi connectivity index (χ2v) is 3.53. The van der Waals surface area contributed by atoms with Crippen molar-refractivity contribution in [3.63, 3.8) is 0 Å². The van der Waals surface area contributed by atoms with Crippen molar-refractivity contribution in [2.75, 3.05) is 29.9 Å². The van der Waals surface area contributed by atoms with Gasteiger partial charge in [0.15, 0.2) is 0 Å². The first-order valence-electron chi connectivity index (χ1n) is 5.10. The van der Waals surface area contributed by atoms with Crippen molar-refractivity contribution >= 4 is 11.4 Å². The number of benzene rings is 1. The molecule has 0 saturated carbocycles. The molecule has 1 heterocycles. The molecule has 1 aromatic rings. The van der Waals surface area contributed by atoms with Crippen molar-refractivity contribution in [3.8, 4) is 0 Å². The zero-order chi connectivity index (χ0) is 9.80. The Labute approximate surface area is 85.2 Å². The standard InChI is InChI=1S/C12H16N2/c1-2-9-14-10-5-8-13-11-6-3-4-7-12(11)14/h2-4,6-7,13H,1,5,8-10H2. The van der Waals surface area contributed by atoms with Gasteiger partial charge >= 0.3 is 0 Å². The lowest BCUT2D eigenvalue weighted by molar-refractivity contribution is 0.808. The monoisotopic (exact) mass is 188 g/mol. The van der Waals surface area contributed by atoms with E-state index in [1.165, 1.54) is 17.8 Å². The molecule has 0 spiro atoms. The van der Waals surface area contributed by atoms with Crippen LogP contribution in [0.25, 0.3) is 0 Å². The Kier molecular flexibility index (Phi) is 2.73. The fourth-order valence-electron chi connectivity index (χ4n) is 1.86. The van der Waals surface area contributed by atoms with Gasteiger partial charge in [-0.1, -0.05) is 18.2 Å². The van der Waals surface area contributed by atoms with Crippen LogP contribution in [-0.2, 0) is 0 Å². The number of rotatable bonds is 2. The summed E-state index contributed by atoms with van der Waals surface area (Å²) in [6.07, 6.45) is 3.14. The van der Waals surface area contributed by atoms with E-state index >= 15 is 0 Å². The smallest absolute Gasteiger partial charge is 0.0604 e. The third kappa shape index (κ3) is 1.74. The Morgan fingerprint density at radius 1 is 1.43 bits per heavy atom. The summed E-state index contributed by atoms with van der Waals surface area (Å²) in [4.78, 5) is 2.36. The fraction of sp³-hybridized carbons (Fsp3) is 0.333. The van der Waals surface area contributed by atoms with E-state index in [0.29, 0.717) is 0 Å². The van der Waals surface area contributed by atoms with Crippen molar-refractivity contribution in [2.24, 2.45) is 0 Å². The van der Waals surface area contributed by atoms with E-state index in [0.717, 1.165) is 19.6 Å². The molecule has 14 heavy (non-hydrogen) atoms. The SMILES string of the molecule is C=CCN1CCCNc2ccccc21. The van der Waals surface area contributed by atoms with Gasteiger partial charge in [-0.2, -0.15) is 0 Å². The summed E-state index contributed by atoms with van der Waals surface area (Å²) in [5, 5.41) is 3.44. The second-order valence-electron chi connectivity index (χ2n) is 3.53. The van der Waals surface area contributed by atoms with Crippen molar-refractivity contribution in [3.05, 3.63) is 36.9 Å². The number of nitrogens with one attached hydrogen (secondary N) is 1. The lowest BCUT2D eigenvalue weighted by atomic mass is 10.2. The van der Waals surface area contributed by atoms with E-state index in [-0.39, 0.29) is 0 Å². The summed E-state index contributed by atoms with van der Waals surface area (Å²) in [5.41, 5.74) is 2.54. The minimum absolute atomic E-state index is 0.929.